The van der Waals surface area contributed by atoms with Crippen LogP contribution >= 0.6 is 0 Å². The lowest BCUT2D eigenvalue weighted by atomic mass is 9.76. The summed E-state index contributed by atoms with van der Waals surface area (Å²) in [5.74, 6) is 0.407. The third-order valence-corrected chi connectivity index (χ3v) is 5.03. The monoisotopic (exact) mass is 286 g/mol. The molecule has 0 amide bonds. The molecule has 0 aliphatic carbocycles. The Balaban J connectivity index is 2.79. The van der Waals surface area contributed by atoms with Crippen molar-refractivity contribution in [1.82, 2.24) is 0 Å². The van der Waals surface area contributed by atoms with Gasteiger partial charge in [-0.3, -0.25) is 4.79 Å². The summed E-state index contributed by atoms with van der Waals surface area (Å²) in [4.78, 5) is 11.1. The summed E-state index contributed by atoms with van der Waals surface area (Å²) in [5, 5.41) is 1.03. The zero-order valence-electron chi connectivity index (χ0n) is 14.0. The van der Waals surface area contributed by atoms with Crippen LogP contribution in [0.15, 0.2) is 22.6 Å². The fraction of sp³-hybridized carbons (Fsp3) is 0.526. The Kier molecular flexibility index (Phi) is 4.01. The summed E-state index contributed by atoms with van der Waals surface area (Å²) in [6, 6.07) is 6.30. The third kappa shape index (κ3) is 2.76. The normalized spacial score (nSPS) is 12.9. The van der Waals surface area contributed by atoms with Gasteiger partial charge in [-0.2, -0.15) is 0 Å². The molecule has 21 heavy (non-hydrogen) atoms. The molecule has 0 radical (unpaired) electrons. The van der Waals surface area contributed by atoms with E-state index in [9.17, 15) is 4.79 Å². The van der Waals surface area contributed by atoms with E-state index < -0.39 is 0 Å². The molecule has 2 aromatic rings. The number of fused-ring (bicyclic) bond motifs is 1. The zero-order valence-corrected chi connectivity index (χ0v) is 14.0. The minimum atomic E-state index is 0.0239. The first-order valence-electron chi connectivity index (χ1n) is 7.79. The van der Waals surface area contributed by atoms with Gasteiger partial charge in [0.2, 0.25) is 0 Å². The molecule has 2 rings (SSSR count). The van der Waals surface area contributed by atoms with Crippen molar-refractivity contribution in [2.45, 2.75) is 65.2 Å². The van der Waals surface area contributed by atoms with Crippen LogP contribution in [-0.2, 0) is 10.8 Å². The molecule has 0 aliphatic rings. The molecule has 0 bridgehead atoms. The van der Waals surface area contributed by atoms with Crippen molar-refractivity contribution >= 4 is 17.3 Å². The molecule has 114 valence electrons. The van der Waals surface area contributed by atoms with Crippen LogP contribution in [0.4, 0.5) is 0 Å². The van der Waals surface area contributed by atoms with Gasteiger partial charge in [0.1, 0.15) is 5.58 Å². The van der Waals surface area contributed by atoms with Crippen molar-refractivity contribution < 1.29 is 9.21 Å². The number of carbonyl (C=O) groups is 1. The molecule has 1 aromatic heterocycles. The second kappa shape index (κ2) is 5.32. The van der Waals surface area contributed by atoms with Crippen LogP contribution in [0.2, 0.25) is 0 Å². The maximum absolute atomic E-state index is 11.1. The molecule has 0 aliphatic heterocycles. The molecule has 2 nitrogen and oxygen atoms in total. The summed E-state index contributed by atoms with van der Waals surface area (Å²) < 4.78 is 5.77. The van der Waals surface area contributed by atoms with E-state index in [4.69, 9.17) is 4.42 Å². The zero-order chi connectivity index (χ0) is 15.8. The van der Waals surface area contributed by atoms with Crippen LogP contribution < -0.4 is 0 Å². The number of hydrogen-bond acceptors (Lipinski definition) is 2. The molecule has 1 heterocycles. The molecule has 0 atom stereocenters. The highest BCUT2D eigenvalue weighted by atomic mass is 16.3. The molecule has 0 unspecified atom stereocenters. The first kappa shape index (κ1) is 15.8. The topological polar surface area (TPSA) is 30.2 Å². The third-order valence-electron chi connectivity index (χ3n) is 5.03. The van der Waals surface area contributed by atoms with Gasteiger partial charge in [0, 0.05) is 10.9 Å². The lowest BCUT2D eigenvalue weighted by Gasteiger charge is -2.28. The molecule has 2 heteroatoms. The van der Waals surface area contributed by atoms with Gasteiger partial charge < -0.3 is 4.42 Å². The van der Waals surface area contributed by atoms with E-state index >= 15 is 0 Å². The van der Waals surface area contributed by atoms with Crippen LogP contribution in [0.3, 0.4) is 0 Å². The Labute approximate surface area is 127 Å². The second-order valence-electron chi connectivity index (χ2n) is 7.18. The van der Waals surface area contributed by atoms with Crippen LogP contribution in [0, 0.1) is 0 Å². The predicted molar refractivity (Wildman–Crippen MR) is 88.2 cm³/mol. The quantitative estimate of drug-likeness (QED) is 0.668. The van der Waals surface area contributed by atoms with Gasteiger partial charge in [0.15, 0.2) is 12.0 Å². The molecule has 0 saturated heterocycles. The number of aldehydes is 1. The van der Waals surface area contributed by atoms with Crippen LogP contribution in [0.5, 0.6) is 0 Å². The van der Waals surface area contributed by atoms with Gasteiger partial charge in [-0.15, -0.1) is 0 Å². The van der Waals surface area contributed by atoms with E-state index in [1.807, 2.05) is 6.07 Å². The summed E-state index contributed by atoms with van der Waals surface area (Å²) in [6.45, 7) is 13.4. The first-order valence-corrected chi connectivity index (χ1v) is 7.79. The Morgan fingerprint density at radius 3 is 2.14 bits per heavy atom. The maximum atomic E-state index is 11.1. The van der Waals surface area contributed by atoms with Gasteiger partial charge in [-0.1, -0.05) is 47.6 Å². The molecular weight excluding hydrogens is 260 g/mol. The summed E-state index contributed by atoms with van der Waals surface area (Å²) >= 11 is 0. The molecule has 0 N–H and O–H groups in total. The maximum Gasteiger partial charge on any atom is 0.185 e. The Hall–Kier alpha value is -1.57. The fourth-order valence-corrected chi connectivity index (χ4v) is 2.52. The predicted octanol–water partition coefficient (Wildman–Crippen LogP) is 5.62. The molecule has 0 saturated carbocycles. The highest BCUT2D eigenvalue weighted by Gasteiger charge is 2.27. The number of hydrogen-bond donors (Lipinski definition) is 0. The first-order chi connectivity index (χ1) is 9.75. The van der Waals surface area contributed by atoms with Crippen molar-refractivity contribution in [1.29, 1.82) is 0 Å². The minimum Gasteiger partial charge on any atom is -0.453 e. The van der Waals surface area contributed by atoms with Crippen molar-refractivity contribution in [3.63, 3.8) is 0 Å². The number of benzene rings is 1. The van der Waals surface area contributed by atoms with Gasteiger partial charge in [-0.05, 0) is 41.4 Å². The Bertz CT molecular complexity index is 660. The highest BCUT2D eigenvalue weighted by Crippen LogP contribution is 2.38. The number of carbonyl (C=O) groups excluding carboxylic acids is 1. The van der Waals surface area contributed by atoms with Gasteiger partial charge in [0.05, 0.1) is 0 Å². The van der Waals surface area contributed by atoms with Gasteiger partial charge >= 0.3 is 0 Å². The molecule has 0 spiro atoms. The van der Waals surface area contributed by atoms with Crippen LogP contribution in [0.25, 0.3) is 11.0 Å². The summed E-state index contributed by atoms with van der Waals surface area (Å²) in [6.07, 6.45) is 2.88. The average Bonchev–Trinajstić information content (AvgIpc) is 2.88. The van der Waals surface area contributed by atoms with Gasteiger partial charge in [-0.25, -0.2) is 0 Å². The fourth-order valence-electron chi connectivity index (χ4n) is 2.52. The van der Waals surface area contributed by atoms with Crippen molar-refractivity contribution in [2.24, 2.45) is 0 Å². The van der Waals surface area contributed by atoms with E-state index in [1.54, 1.807) is 0 Å². The smallest absolute Gasteiger partial charge is 0.185 e. The van der Waals surface area contributed by atoms with E-state index in [2.05, 4.69) is 53.7 Å². The largest absolute Gasteiger partial charge is 0.453 e. The molecular formula is C19H26O2. The Morgan fingerprint density at radius 2 is 1.62 bits per heavy atom. The summed E-state index contributed by atoms with van der Waals surface area (Å²) in [5.41, 5.74) is 3.51. The minimum absolute atomic E-state index is 0.0239. The summed E-state index contributed by atoms with van der Waals surface area (Å²) in [7, 11) is 0. The molecule has 0 fully saturated rings. The SMILES string of the molecule is CCC(C)(C)c1cc(C(C)(C)CC)c2oc(C=O)cc2c1. The van der Waals surface area contributed by atoms with E-state index in [0.717, 1.165) is 30.1 Å². The Morgan fingerprint density at radius 1 is 1.00 bits per heavy atom. The van der Waals surface area contributed by atoms with Crippen molar-refractivity contribution in [3.05, 3.63) is 35.1 Å². The average molecular weight is 286 g/mol. The number of rotatable bonds is 5. The number of furan rings is 1. The van der Waals surface area contributed by atoms with Crippen LogP contribution in [-0.4, -0.2) is 6.29 Å². The van der Waals surface area contributed by atoms with Gasteiger partial charge in [0.25, 0.3) is 0 Å². The van der Waals surface area contributed by atoms with E-state index in [1.165, 1.54) is 11.1 Å². The second-order valence-corrected chi connectivity index (χ2v) is 7.18. The van der Waals surface area contributed by atoms with E-state index in [-0.39, 0.29) is 10.8 Å². The van der Waals surface area contributed by atoms with Crippen molar-refractivity contribution in [3.8, 4) is 0 Å². The van der Waals surface area contributed by atoms with Crippen molar-refractivity contribution in [2.75, 3.05) is 0 Å². The highest BCUT2D eigenvalue weighted by molar-refractivity contribution is 5.88. The van der Waals surface area contributed by atoms with Crippen LogP contribution in [0.1, 0.15) is 76.1 Å². The lowest BCUT2D eigenvalue weighted by Crippen LogP contribution is -2.20. The standard InChI is InChI=1S/C19H26O2/c1-7-18(3,4)14-9-13-10-15(12-20)21-17(13)16(11-14)19(5,6)8-2/h9-12H,7-8H2,1-6H3. The lowest BCUT2D eigenvalue weighted by molar-refractivity contribution is 0.110. The van der Waals surface area contributed by atoms with E-state index in [0.29, 0.717) is 5.76 Å². The molecule has 1 aromatic carbocycles.